The highest BCUT2D eigenvalue weighted by Gasteiger charge is 2.30. The predicted octanol–water partition coefficient (Wildman–Crippen LogP) is 2.49. The zero-order chi connectivity index (χ0) is 19.1. The Morgan fingerprint density at radius 1 is 1.30 bits per heavy atom. The number of anilines is 1. The summed E-state index contributed by atoms with van der Waals surface area (Å²) in [6.07, 6.45) is 2.18. The predicted molar refractivity (Wildman–Crippen MR) is 95.6 cm³/mol. The number of aryl methyl sites for hydroxylation is 1. The molecule has 1 aliphatic heterocycles. The minimum atomic E-state index is -0.713. The number of hydrogen-bond donors (Lipinski definition) is 1. The zero-order valence-electron chi connectivity index (χ0n) is 14.5. The Kier molecular flexibility index (Phi) is 4.14. The van der Waals surface area contributed by atoms with E-state index in [-0.39, 0.29) is 24.0 Å². The molecule has 0 bridgehead atoms. The Morgan fingerprint density at radius 2 is 2.11 bits per heavy atom. The average Bonchev–Trinajstić information content (AvgIpc) is 3.23. The lowest BCUT2D eigenvalue weighted by Crippen LogP contribution is -2.34. The number of rotatable bonds is 2. The molecule has 2 aromatic heterocycles. The molecule has 1 saturated heterocycles. The van der Waals surface area contributed by atoms with E-state index in [1.165, 1.54) is 9.47 Å². The molecule has 1 atom stereocenters. The van der Waals surface area contributed by atoms with Gasteiger partial charge >= 0.3 is 11.7 Å². The van der Waals surface area contributed by atoms with E-state index in [0.717, 1.165) is 18.2 Å². The molecular formula is C18H17F2N5O2. The highest BCUT2D eigenvalue weighted by atomic mass is 19.1. The van der Waals surface area contributed by atoms with E-state index in [9.17, 15) is 18.4 Å². The monoisotopic (exact) mass is 373 g/mol. The Bertz CT molecular complexity index is 1090. The number of nitrogens with zero attached hydrogens (tertiary/aromatic N) is 4. The van der Waals surface area contributed by atoms with Crippen LogP contribution in [0.15, 0.2) is 41.3 Å². The Morgan fingerprint density at radius 3 is 2.93 bits per heavy atom. The van der Waals surface area contributed by atoms with Gasteiger partial charge in [-0.15, -0.1) is 0 Å². The fraction of sp³-hybridized carbons (Fsp3) is 0.278. The fourth-order valence-electron chi connectivity index (χ4n) is 3.44. The minimum Gasteiger partial charge on any atom is -0.322 e. The standard InChI is InChI=1S/C18H17F2N5O2/c1-23-15-3-2-7-21-16(15)25(18(23)27)12-6-8-24(10-12)17(26)22-14-9-11(19)4-5-13(14)20/h2-5,7,9,12H,6,8,10H2,1H3,(H,22,26)/t12-/m1/s1. The van der Waals surface area contributed by atoms with E-state index in [2.05, 4.69) is 10.3 Å². The van der Waals surface area contributed by atoms with Crippen molar-refractivity contribution in [1.29, 1.82) is 0 Å². The van der Waals surface area contributed by atoms with Gasteiger partial charge in [0.1, 0.15) is 11.6 Å². The van der Waals surface area contributed by atoms with E-state index >= 15 is 0 Å². The molecule has 1 aromatic carbocycles. The maximum absolute atomic E-state index is 13.7. The van der Waals surface area contributed by atoms with Crippen LogP contribution in [0.4, 0.5) is 19.3 Å². The van der Waals surface area contributed by atoms with Gasteiger partial charge in [0.05, 0.1) is 17.2 Å². The molecule has 2 amide bonds. The number of halogens is 2. The molecule has 7 nitrogen and oxygen atoms in total. The third kappa shape index (κ3) is 2.94. The van der Waals surface area contributed by atoms with Crippen LogP contribution in [0.1, 0.15) is 12.5 Å². The highest BCUT2D eigenvalue weighted by molar-refractivity contribution is 5.89. The first kappa shape index (κ1) is 17.2. The van der Waals surface area contributed by atoms with Crippen molar-refractivity contribution in [2.75, 3.05) is 18.4 Å². The first-order valence-corrected chi connectivity index (χ1v) is 8.48. The van der Waals surface area contributed by atoms with E-state index < -0.39 is 17.7 Å². The lowest BCUT2D eigenvalue weighted by molar-refractivity contribution is 0.220. The Hall–Kier alpha value is -3.23. The normalized spacial score (nSPS) is 16.9. The smallest absolute Gasteiger partial charge is 0.322 e. The molecule has 0 unspecified atom stereocenters. The third-order valence-corrected chi connectivity index (χ3v) is 4.83. The van der Waals surface area contributed by atoms with Gasteiger partial charge in [-0.2, -0.15) is 0 Å². The van der Waals surface area contributed by atoms with Gasteiger partial charge in [0.2, 0.25) is 0 Å². The van der Waals surface area contributed by atoms with E-state index in [1.807, 2.05) is 6.07 Å². The number of fused-ring (bicyclic) bond motifs is 1. The van der Waals surface area contributed by atoms with Gasteiger partial charge in [-0.05, 0) is 30.7 Å². The number of amides is 2. The maximum Gasteiger partial charge on any atom is 0.330 e. The molecule has 0 saturated carbocycles. The number of hydrogen-bond acceptors (Lipinski definition) is 3. The quantitative estimate of drug-likeness (QED) is 0.750. The molecule has 0 spiro atoms. The largest absolute Gasteiger partial charge is 0.330 e. The summed E-state index contributed by atoms with van der Waals surface area (Å²) in [5.41, 5.74) is 0.861. The first-order valence-electron chi connectivity index (χ1n) is 8.48. The molecule has 1 aliphatic rings. The Labute approximate surface area is 152 Å². The van der Waals surface area contributed by atoms with Crippen LogP contribution in [0, 0.1) is 11.6 Å². The average molecular weight is 373 g/mol. The number of nitrogens with one attached hydrogen (secondary N) is 1. The summed E-state index contributed by atoms with van der Waals surface area (Å²) < 4.78 is 30.1. The summed E-state index contributed by atoms with van der Waals surface area (Å²) in [7, 11) is 1.68. The summed E-state index contributed by atoms with van der Waals surface area (Å²) in [5.74, 6) is -1.35. The van der Waals surface area contributed by atoms with Gasteiger partial charge in [-0.3, -0.25) is 9.13 Å². The summed E-state index contributed by atoms with van der Waals surface area (Å²) in [5, 5.41) is 2.39. The molecule has 3 aromatic rings. The number of imidazole rings is 1. The van der Waals surface area contributed by atoms with Crippen molar-refractivity contribution >= 4 is 22.9 Å². The summed E-state index contributed by atoms with van der Waals surface area (Å²) in [4.78, 5) is 30.8. The van der Waals surface area contributed by atoms with E-state index in [4.69, 9.17) is 0 Å². The molecule has 1 N–H and O–H groups in total. The van der Waals surface area contributed by atoms with Crippen LogP contribution in [0.25, 0.3) is 11.2 Å². The lowest BCUT2D eigenvalue weighted by atomic mass is 10.2. The first-order chi connectivity index (χ1) is 13.0. The van der Waals surface area contributed by atoms with Crippen molar-refractivity contribution < 1.29 is 13.6 Å². The summed E-state index contributed by atoms with van der Waals surface area (Å²) >= 11 is 0. The van der Waals surface area contributed by atoms with Crippen molar-refractivity contribution in [3.05, 3.63) is 58.6 Å². The number of carbonyl (C=O) groups excluding carboxylic acids is 1. The molecule has 27 heavy (non-hydrogen) atoms. The van der Waals surface area contributed by atoms with Crippen LogP contribution < -0.4 is 11.0 Å². The van der Waals surface area contributed by atoms with Crippen LogP contribution >= 0.6 is 0 Å². The second-order valence-corrected chi connectivity index (χ2v) is 6.50. The van der Waals surface area contributed by atoms with Crippen molar-refractivity contribution in [2.24, 2.45) is 7.05 Å². The van der Waals surface area contributed by atoms with Crippen molar-refractivity contribution in [1.82, 2.24) is 19.0 Å². The van der Waals surface area contributed by atoms with Gasteiger partial charge in [0.25, 0.3) is 0 Å². The molecule has 3 heterocycles. The van der Waals surface area contributed by atoms with E-state index in [0.29, 0.717) is 24.1 Å². The van der Waals surface area contributed by atoms with Crippen LogP contribution in [0.2, 0.25) is 0 Å². The Balaban J connectivity index is 1.56. The molecule has 4 rings (SSSR count). The van der Waals surface area contributed by atoms with Gasteiger partial charge < -0.3 is 10.2 Å². The van der Waals surface area contributed by atoms with Crippen LogP contribution in [-0.2, 0) is 7.05 Å². The van der Waals surface area contributed by atoms with Gasteiger partial charge in [0.15, 0.2) is 5.65 Å². The molecule has 0 radical (unpaired) electrons. The number of benzene rings is 1. The van der Waals surface area contributed by atoms with Gasteiger partial charge in [-0.25, -0.2) is 23.4 Å². The second-order valence-electron chi connectivity index (χ2n) is 6.50. The van der Waals surface area contributed by atoms with E-state index in [1.54, 1.807) is 23.9 Å². The summed E-state index contributed by atoms with van der Waals surface area (Å²) in [6.45, 7) is 0.668. The maximum atomic E-state index is 13.7. The van der Waals surface area contributed by atoms with Crippen molar-refractivity contribution in [3.63, 3.8) is 0 Å². The van der Waals surface area contributed by atoms with Crippen LogP contribution in [0.5, 0.6) is 0 Å². The van der Waals surface area contributed by atoms with Crippen molar-refractivity contribution in [2.45, 2.75) is 12.5 Å². The molecule has 140 valence electrons. The SMILES string of the molecule is Cn1c(=O)n([C@@H]2CCN(C(=O)Nc3cc(F)ccc3F)C2)c2ncccc21. The lowest BCUT2D eigenvalue weighted by Gasteiger charge is -2.18. The van der Waals surface area contributed by atoms with Gasteiger partial charge in [-0.1, -0.05) is 0 Å². The van der Waals surface area contributed by atoms with Crippen LogP contribution in [0.3, 0.4) is 0 Å². The number of pyridine rings is 1. The number of urea groups is 1. The topological polar surface area (TPSA) is 72.2 Å². The second kappa shape index (κ2) is 6.49. The number of aromatic nitrogens is 3. The van der Waals surface area contributed by atoms with Crippen molar-refractivity contribution in [3.8, 4) is 0 Å². The number of likely N-dealkylation sites (tertiary alicyclic amines) is 1. The molecule has 9 heteroatoms. The third-order valence-electron chi connectivity index (χ3n) is 4.83. The molecule has 1 fully saturated rings. The highest BCUT2D eigenvalue weighted by Crippen LogP contribution is 2.25. The minimum absolute atomic E-state index is 0.202. The number of carbonyl (C=O) groups is 1. The van der Waals surface area contributed by atoms with Gasteiger partial charge in [0, 0.05) is 32.4 Å². The summed E-state index contributed by atoms with van der Waals surface area (Å²) in [6, 6.07) is 5.67. The van der Waals surface area contributed by atoms with Crippen LogP contribution in [-0.4, -0.2) is 38.1 Å². The fourth-order valence-corrected chi connectivity index (χ4v) is 3.44. The molecular weight excluding hydrogens is 356 g/mol. The zero-order valence-corrected chi connectivity index (χ0v) is 14.5. The molecule has 0 aliphatic carbocycles.